The van der Waals surface area contributed by atoms with E-state index in [9.17, 15) is 29.7 Å². The van der Waals surface area contributed by atoms with E-state index in [2.05, 4.69) is 0 Å². The molecule has 0 saturated carbocycles. The van der Waals surface area contributed by atoms with Crippen LogP contribution in [0.15, 0.2) is 24.3 Å². The number of hydrogen-bond donors (Lipinski definition) is 3. The fourth-order valence-electron chi connectivity index (χ4n) is 3.83. The Kier molecular flexibility index (Phi) is 4.81. The molecule has 9 heteroatoms. The van der Waals surface area contributed by atoms with Crippen molar-refractivity contribution in [3.63, 3.8) is 0 Å². The first-order chi connectivity index (χ1) is 14.8. The van der Waals surface area contributed by atoms with Crippen molar-refractivity contribution in [2.24, 2.45) is 0 Å². The lowest BCUT2D eigenvalue weighted by atomic mass is 9.89. The van der Waals surface area contributed by atoms with E-state index in [4.69, 9.17) is 14.2 Å². The van der Waals surface area contributed by atoms with Crippen molar-refractivity contribution in [3.8, 4) is 23.0 Å². The monoisotopic (exact) mass is 426 g/mol. The van der Waals surface area contributed by atoms with Crippen LogP contribution in [0.5, 0.6) is 23.0 Å². The first-order valence-electron chi connectivity index (χ1n) is 9.46. The summed E-state index contributed by atoms with van der Waals surface area (Å²) in [6, 6.07) is 6.36. The van der Waals surface area contributed by atoms with Crippen LogP contribution in [0.3, 0.4) is 0 Å². The minimum Gasteiger partial charge on any atom is -0.507 e. The van der Waals surface area contributed by atoms with E-state index >= 15 is 0 Å². The number of carbonyl (C=O) groups is 3. The topological polar surface area (TPSA) is 140 Å². The van der Waals surface area contributed by atoms with Gasteiger partial charge in [0.05, 0.1) is 17.4 Å². The maximum atomic E-state index is 12.6. The Labute approximate surface area is 175 Å². The predicted octanol–water partition coefficient (Wildman–Crippen LogP) is 2.68. The molecule has 1 unspecified atom stereocenters. The molecule has 0 spiro atoms. The summed E-state index contributed by atoms with van der Waals surface area (Å²) >= 11 is 0. The second-order valence-corrected chi connectivity index (χ2v) is 6.97. The normalized spacial score (nSPS) is 15.4. The lowest BCUT2D eigenvalue weighted by Crippen LogP contribution is -2.35. The van der Waals surface area contributed by atoms with Crippen LogP contribution < -0.4 is 4.74 Å². The average Bonchev–Trinajstić information content (AvgIpc) is 2.73. The first-order valence-corrected chi connectivity index (χ1v) is 9.46. The zero-order valence-corrected chi connectivity index (χ0v) is 16.6. The van der Waals surface area contributed by atoms with Gasteiger partial charge in [-0.05, 0) is 6.92 Å². The summed E-state index contributed by atoms with van der Waals surface area (Å²) in [5.41, 5.74) is -0.465. The third-order valence-electron chi connectivity index (χ3n) is 5.08. The number of carbonyl (C=O) groups excluding carboxylic acids is 3. The highest BCUT2D eigenvalue weighted by Crippen LogP contribution is 2.53. The van der Waals surface area contributed by atoms with Crippen molar-refractivity contribution < 1.29 is 43.9 Å². The summed E-state index contributed by atoms with van der Waals surface area (Å²) < 4.78 is 15.3. The molecule has 31 heavy (non-hydrogen) atoms. The molecular weight excluding hydrogens is 408 g/mol. The SMILES string of the molecule is CCOC(=O)C1Cc2c(c(O)c3c(OC(C)=O)c4ccccc4c(O)c3c2O)C(=O)O1. The molecule has 0 bridgehead atoms. The average molecular weight is 426 g/mol. The molecule has 1 heterocycles. The fourth-order valence-corrected chi connectivity index (χ4v) is 3.83. The van der Waals surface area contributed by atoms with Crippen LogP contribution in [0.1, 0.15) is 29.8 Å². The Morgan fingerprint density at radius 2 is 1.74 bits per heavy atom. The van der Waals surface area contributed by atoms with Gasteiger partial charge in [0.1, 0.15) is 22.8 Å². The summed E-state index contributed by atoms with van der Waals surface area (Å²) in [4.78, 5) is 36.5. The highest BCUT2D eigenvalue weighted by atomic mass is 16.6. The van der Waals surface area contributed by atoms with Gasteiger partial charge in [-0.2, -0.15) is 0 Å². The molecular formula is C22H18O9. The number of benzene rings is 3. The van der Waals surface area contributed by atoms with Gasteiger partial charge in [0, 0.05) is 29.7 Å². The van der Waals surface area contributed by atoms with Gasteiger partial charge in [-0.3, -0.25) is 4.79 Å². The highest BCUT2D eigenvalue weighted by molar-refractivity contribution is 6.19. The van der Waals surface area contributed by atoms with Crippen LogP contribution in [-0.2, 0) is 25.5 Å². The zero-order chi connectivity index (χ0) is 22.4. The molecule has 0 radical (unpaired) electrons. The predicted molar refractivity (Wildman–Crippen MR) is 107 cm³/mol. The number of ether oxygens (including phenoxy) is 3. The number of rotatable bonds is 3. The van der Waals surface area contributed by atoms with Crippen LogP contribution in [0.25, 0.3) is 21.5 Å². The highest BCUT2D eigenvalue weighted by Gasteiger charge is 2.39. The number of cyclic esters (lactones) is 1. The zero-order valence-electron chi connectivity index (χ0n) is 16.6. The van der Waals surface area contributed by atoms with Crippen molar-refractivity contribution >= 4 is 39.5 Å². The second kappa shape index (κ2) is 7.35. The standard InChI is InChI=1S/C22H18O9/c1-3-29-21(27)13-8-12-14(22(28)31-13)19(26)16-15(18(12)25)17(24)10-6-4-5-7-11(10)20(16)30-9(2)23/h4-7,13,24-26H,3,8H2,1-2H3. The molecule has 1 atom stereocenters. The first kappa shape index (κ1) is 20.3. The largest absolute Gasteiger partial charge is 0.507 e. The Morgan fingerprint density at radius 3 is 2.39 bits per heavy atom. The van der Waals surface area contributed by atoms with Crippen LogP contribution >= 0.6 is 0 Å². The van der Waals surface area contributed by atoms with E-state index in [1.165, 1.54) is 0 Å². The molecule has 0 saturated heterocycles. The number of phenols is 3. The number of hydrogen-bond acceptors (Lipinski definition) is 9. The molecule has 160 valence electrons. The van der Waals surface area contributed by atoms with Gasteiger partial charge in [-0.15, -0.1) is 0 Å². The molecule has 1 aliphatic heterocycles. The molecule has 0 fully saturated rings. The van der Waals surface area contributed by atoms with Gasteiger partial charge in [-0.25, -0.2) is 9.59 Å². The quantitative estimate of drug-likeness (QED) is 0.250. The molecule has 3 aromatic carbocycles. The Balaban J connectivity index is 2.10. The summed E-state index contributed by atoms with van der Waals surface area (Å²) in [7, 11) is 0. The van der Waals surface area contributed by atoms with Gasteiger partial charge in [0.15, 0.2) is 5.75 Å². The minimum absolute atomic E-state index is 0.0627. The van der Waals surface area contributed by atoms with E-state index in [0.717, 1.165) is 6.92 Å². The van der Waals surface area contributed by atoms with E-state index in [1.807, 2.05) is 0 Å². The molecule has 3 aromatic rings. The lowest BCUT2D eigenvalue weighted by Gasteiger charge is -2.26. The smallest absolute Gasteiger partial charge is 0.347 e. The Morgan fingerprint density at radius 1 is 1.06 bits per heavy atom. The number of esters is 3. The minimum atomic E-state index is -1.32. The van der Waals surface area contributed by atoms with E-state index in [-0.39, 0.29) is 57.2 Å². The van der Waals surface area contributed by atoms with Crippen molar-refractivity contribution in [3.05, 3.63) is 35.4 Å². The van der Waals surface area contributed by atoms with Gasteiger partial charge in [0.25, 0.3) is 0 Å². The van der Waals surface area contributed by atoms with E-state index in [0.29, 0.717) is 0 Å². The van der Waals surface area contributed by atoms with Crippen LogP contribution in [0, 0.1) is 0 Å². The van der Waals surface area contributed by atoms with Gasteiger partial charge >= 0.3 is 17.9 Å². The van der Waals surface area contributed by atoms with Crippen molar-refractivity contribution in [1.29, 1.82) is 0 Å². The van der Waals surface area contributed by atoms with Crippen molar-refractivity contribution in [2.75, 3.05) is 6.61 Å². The third-order valence-corrected chi connectivity index (χ3v) is 5.08. The maximum Gasteiger partial charge on any atom is 0.347 e. The Hall–Kier alpha value is -4.01. The van der Waals surface area contributed by atoms with Gasteiger partial charge in [-0.1, -0.05) is 24.3 Å². The van der Waals surface area contributed by atoms with Gasteiger partial charge < -0.3 is 29.5 Å². The summed E-state index contributed by atoms with van der Waals surface area (Å²) in [6.45, 7) is 2.81. The molecule has 0 aliphatic carbocycles. The number of phenolic OH excluding ortho intramolecular Hbond substituents is 3. The fraction of sp³-hybridized carbons (Fsp3) is 0.227. The van der Waals surface area contributed by atoms with Crippen molar-refractivity contribution in [1.82, 2.24) is 0 Å². The molecule has 0 amide bonds. The Bertz CT molecular complexity index is 1280. The van der Waals surface area contributed by atoms with E-state index < -0.39 is 35.5 Å². The molecule has 1 aliphatic rings. The number of aromatic hydroxyl groups is 3. The summed E-state index contributed by atoms with van der Waals surface area (Å²) in [5.74, 6) is -4.27. The molecule has 9 nitrogen and oxygen atoms in total. The summed E-state index contributed by atoms with van der Waals surface area (Å²) in [5, 5.41) is 32.9. The number of fused-ring (bicyclic) bond motifs is 3. The molecule has 4 rings (SSSR count). The lowest BCUT2D eigenvalue weighted by molar-refractivity contribution is -0.153. The van der Waals surface area contributed by atoms with E-state index in [1.54, 1.807) is 31.2 Å². The van der Waals surface area contributed by atoms with Crippen molar-refractivity contribution in [2.45, 2.75) is 26.4 Å². The molecule has 0 aromatic heterocycles. The summed E-state index contributed by atoms with van der Waals surface area (Å²) in [6.07, 6.45) is -1.59. The van der Waals surface area contributed by atoms with Gasteiger partial charge in [0.2, 0.25) is 6.10 Å². The van der Waals surface area contributed by atoms with Crippen LogP contribution in [-0.4, -0.2) is 45.9 Å². The second-order valence-electron chi connectivity index (χ2n) is 6.97. The third kappa shape index (κ3) is 3.05. The van der Waals surface area contributed by atoms with Crippen LogP contribution in [0.2, 0.25) is 0 Å². The molecule has 3 N–H and O–H groups in total. The maximum absolute atomic E-state index is 12.6. The van der Waals surface area contributed by atoms with Crippen LogP contribution in [0.4, 0.5) is 0 Å².